The molecule has 1 aromatic rings. The van der Waals surface area contributed by atoms with Crippen molar-refractivity contribution in [2.45, 2.75) is 82.7 Å². The molecule has 2 fully saturated rings. The van der Waals surface area contributed by atoms with Crippen molar-refractivity contribution in [3.05, 3.63) is 35.9 Å². The van der Waals surface area contributed by atoms with E-state index in [-0.39, 0.29) is 18.2 Å². The molecule has 35 heavy (non-hydrogen) atoms. The second kappa shape index (κ2) is 11.9. The van der Waals surface area contributed by atoms with Crippen LogP contribution in [0.4, 0.5) is 0 Å². The standard InChI is InChI=1S/C25H35NO9/c1-13(2)15-8-10-16(11-9-15)22(30)26-17(12-14-6-4-3-5-7-14)24(33)35-25-20(29)18(27)19(28)21(34-25)23(31)32/h3-7,13,15-21,25,27-29H,8-12H2,1-2H3,(H,26,30)(H,31,32)/t15?,16?,17?,18-,19-,20?,21?,25-/m0/s1. The normalized spacial score (nSPS) is 32.0. The van der Waals surface area contributed by atoms with Crippen LogP contribution in [0.1, 0.15) is 45.1 Å². The molecule has 1 aliphatic carbocycles. The molecule has 3 unspecified atom stereocenters. The van der Waals surface area contributed by atoms with E-state index in [2.05, 4.69) is 19.2 Å². The molecule has 194 valence electrons. The minimum atomic E-state index is -1.90. The van der Waals surface area contributed by atoms with Gasteiger partial charge in [-0.15, -0.1) is 0 Å². The van der Waals surface area contributed by atoms with Crippen molar-refractivity contribution in [3.63, 3.8) is 0 Å². The zero-order chi connectivity index (χ0) is 25.7. The van der Waals surface area contributed by atoms with Crippen molar-refractivity contribution in [1.29, 1.82) is 0 Å². The topological polar surface area (TPSA) is 163 Å². The summed E-state index contributed by atoms with van der Waals surface area (Å²) in [6, 6.07) is 7.83. The van der Waals surface area contributed by atoms with Gasteiger partial charge in [-0.05, 0) is 43.1 Å². The number of aliphatic hydroxyl groups is 3. The SMILES string of the molecule is CC(C)C1CCC(C(=O)NC(Cc2ccccc2)C(=O)O[C@@H]2OC(C(=O)O)[C@@H](O)[C@H](O)C2O)CC1. The number of hydrogen-bond donors (Lipinski definition) is 5. The first-order chi connectivity index (χ1) is 16.6. The smallest absolute Gasteiger partial charge is 0.335 e. The second-order valence-corrected chi connectivity index (χ2v) is 9.78. The molecule has 1 aliphatic heterocycles. The Morgan fingerprint density at radius 3 is 2.20 bits per heavy atom. The number of esters is 1. The van der Waals surface area contributed by atoms with Crippen LogP contribution in [0, 0.1) is 17.8 Å². The molecule has 0 aromatic heterocycles. The summed E-state index contributed by atoms with van der Waals surface area (Å²) in [5.74, 6) is -1.93. The third kappa shape index (κ3) is 6.78. The number of carbonyl (C=O) groups is 3. The molecule has 3 rings (SSSR count). The van der Waals surface area contributed by atoms with Crippen LogP contribution in [0.3, 0.4) is 0 Å². The zero-order valence-electron chi connectivity index (χ0n) is 19.9. The predicted octanol–water partition coefficient (Wildman–Crippen LogP) is 0.612. The van der Waals surface area contributed by atoms with Gasteiger partial charge in [-0.1, -0.05) is 44.2 Å². The molecule has 6 atom stereocenters. The fourth-order valence-electron chi connectivity index (χ4n) is 4.73. The molecule has 0 bridgehead atoms. The number of benzene rings is 1. The highest BCUT2D eigenvalue weighted by atomic mass is 16.7. The molecular formula is C25H35NO9. The number of aliphatic carboxylic acids is 1. The summed E-state index contributed by atoms with van der Waals surface area (Å²) in [6.07, 6.45) is -6.01. The lowest BCUT2D eigenvalue weighted by Gasteiger charge is -2.38. The van der Waals surface area contributed by atoms with Gasteiger partial charge in [0.1, 0.15) is 24.4 Å². The summed E-state index contributed by atoms with van der Waals surface area (Å²) in [5.41, 5.74) is 0.752. The van der Waals surface area contributed by atoms with Crippen molar-refractivity contribution >= 4 is 17.8 Å². The summed E-state index contributed by atoms with van der Waals surface area (Å²) < 4.78 is 10.3. The Bertz CT molecular complexity index is 869. The number of carboxylic acids is 1. The van der Waals surface area contributed by atoms with Crippen molar-refractivity contribution < 1.29 is 44.3 Å². The van der Waals surface area contributed by atoms with Crippen molar-refractivity contribution in [2.24, 2.45) is 17.8 Å². The van der Waals surface area contributed by atoms with E-state index in [0.29, 0.717) is 11.8 Å². The minimum absolute atomic E-state index is 0.100. The third-order valence-electron chi connectivity index (χ3n) is 7.01. The number of amides is 1. The van der Waals surface area contributed by atoms with Crippen LogP contribution in [0.2, 0.25) is 0 Å². The summed E-state index contributed by atoms with van der Waals surface area (Å²) in [5, 5.41) is 42.0. The summed E-state index contributed by atoms with van der Waals surface area (Å²) in [6.45, 7) is 4.34. The third-order valence-corrected chi connectivity index (χ3v) is 7.01. The maximum Gasteiger partial charge on any atom is 0.335 e. The molecule has 2 aliphatic rings. The lowest BCUT2D eigenvalue weighted by Crippen LogP contribution is -2.61. The van der Waals surface area contributed by atoms with E-state index >= 15 is 0 Å². The van der Waals surface area contributed by atoms with Gasteiger partial charge in [-0.2, -0.15) is 0 Å². The van der Waals surface area contributed by atoms with Gasteiger partial charge < -0.3 is 35.2 Å². The first-order valence-corrected chi connectivity index (χ1v) is 12.1. The Kier molecular flexibility index (Phi) is 9.23. The highest BCUT2D eigenvalue weighted by molar-refractivity contribution is 5.86. The molecular weight excluding hydrogens is 458 g/mol. The Morgan fingerprint density at radius 1 is 1.00 bits per heavy atom. The molecule has 1 amide bonds. The van der Waals surface area contributed by atoms with Gasteiger partial charge in [0.15, 0.2) is 6.10 Å². The van der Waals surface area contributed by atoms with Crippen LogP contribution in [-0.4, -0.2) is 75.0 Å². The van der Waals surface area contributed by atoms with E-state index in [1.807, 2.05) is 6.07 Å². The van der Waals surface area contributed by atoms with Crippen LogP contribution in [0.5, 0.6) is 0 Å². The first-order valence-electron chi connectivity index (χ1n) is 12.1. The van der Waals surface area contributed by atoms with Crippen molar-refractivity contribution in [1.82, 2.24) is 5.32 Å². The van der Waals surface area contributed by atoms with Crippen LogP contribution >= 0.6 is 0 Å². The monoisotopic (exact) mass is 493 g/mol. The molecule has 1 saturated carbocycles. The summed E-state index contributed by atoms with van der Waals surface area (Å²) >= 11 is 0. The van der Waals surface area contributed by atoms with E-state index in [1.54, 1.807) is 24.3 Å². The fraction of sp³-hybridized carbons (Fsp3) is 0.640. The molecule has 5 N–H and O–H groups in total. The molecule has 10 nitrogen and oxygen atoms in total. The molecule has 1 heterocycles. The average Bonchev–Trinajstić information content (AvgIpc) is 2.84. The predicted molar refractivity (Wildman–Crippen MR) is 123 cm³/mol. The number of carboxylic acid groups (broad SMARTS) is 1. The lowest BCUT2D eigenvalue weighted by atomic mass is 9.76. The van der Waals surface area contributed by atoms with E-state index < -0.39 is 48.7 Å². The fourth-order valence-corrected chi connectivity index (χ4v) is 4.73. The van der Waals surface area contributed by atoms with Crippen molar-refractivity contribution in [2.75, 3.05) is 0 Å². The Morgan fingerprint density at radius 2 is 1.63 bits per heavy atom. The Labute approximate surface area is 204 Å². The molecule has 10 heteroatoms. The summed E-state index contributed by atoms with van der Waals surface area (Å²) in [7, 11) is 0. The van der Waals surface area contributed by atoms with Crippen LogP contribution in [0.15, 0.2) is 30.3 Å². The van der Waals surface area contributed by atoms with Gasteiger partial charge in [-0.3, -0.25) is 4.79 Å². The average molecular weight is 494 g/mol. The van der Waals surface area contributed by atoms with E-state index in [1.165, 1.54) is 0 Å². The number of aliphatic hydroxyl groups excluding tert-OH is 3. The van der Waals surface area contributed by atoms with E-state index in [9.17, 15) is 34.8 Å². The molecule has 1 aromatic carbocycles. The Hall–Kier alpha value is -2.53. The second-order valence-electron chi connectivity index (χ2n) is 9.78. The van der Waals surface area contributed by atoms with E-state index in [4.69, 9.17) is 9.47 Å². The van der Waals surface area contributed by atoms with Gasteiger partial charge in [0.2, 0.25) is 12.2 Å². The maximum atomic E-state index is 13.1. The Balaban J connectivity index is 1.71. The summed E-state index contributed by atoms with van der Waals surface area (Å²) in [4.78, 5) is 37.4. The van der Waals surface area contributed by atoms with Crippen LogP contribution in [-0.2, 0) is 30.3 Å². The van der Waals surface area contributed by atoms with Gasteiger partial charge in [0, 0.05) is 12.3 Å². The first kappa shape index (κ1) is 27.1. The highest BCUT2D eigenvalue weighted by Crippen LogP contribution is 2.33. The van der Waals surface area contributed by atoms with E-state index in [0.717, 1.165) is 31.2 Å². The molecule has 0 radical (unpaired) electrons. The minimum Gasteiger partial charge on any atom is -0.479 e. The van der Waals surface area contributed by atoms with Gasteiger partial charge in [-0.25, -0.2) is 9.59 Å². The number of carbonyl (C=O) groups excluding carboxylic acids is 2. The number of rotatable bonds is 8. The zero-order valence-corrected chi connectivity index (χ0v) is 19.9. The molecule has 0 spiro atoms. The quantitative estimate of drug-likeness (QED) is 0.327. The van der Waals surface area contributed by atoms with Crippen LogP contribution in [0.25, 0.3) is 0 Å². The lowest BCUT2D eigenvalue weighted by molar-refractivity contribution is -0.286. The number of nitrogens with one attached hydrogen (secondary N) is 1. The highest BCUT2D eigenvalue weighted by Gasteiger charge is 2.49. The van der Waals surface area contributed by atoms with Crippen LogP contribution < -0.4 is 5.32 Å². The van der Waals surface area contributed by atoms with Gasteiger partial charge in [0.25, 0.3) is 0 Å². The number of ether oxygens (including phenoxy) is 2. The maximum absolute atomic E-state index is 13.1. The number of hydrogen-bond acceptors (Lipinski definition) is 8. The van der Waals surface area contributed by atoms with Crippen molar-refractivity contribution in [3.8, 4) is 0 Å². The molecule has 1 saturated heterocycles. The largest absolute Gasteiger partial charge is 0.479 e. The van der Waals surface area contributed by atoms with Gasteiger partial charge in [0.05, 0.1) is 0 Å². The van der Waals surface area contributed by atoms with Gasteiger partial charge >= 0.3 is 11.9 Å².